The van der Waals surface area contributed by atoms with Crippen molar-refractivity contribution in [1.82, 2.24) is 10.2 Å². The van der Waals surface area contributed by atoms with E-state index >= 15 is 0 Å². The molecular formula is C20H17ClN2O4. The van der Waals surface area contributed by atoms with Gasteiger partial charge in [0.25, 0.3) is 0 Å². The largest absolute Gasteiger partial charge is 0.433 e. The standard InChI is InChI=1S/C20H17ClN2O4/c21-15-8-4-1-5-12(15)11-22-18(25)16-9-10-17(24)23(16)19-13-6-2-3-7-14(13)20(26)27-19/h1-8,16,19H,9-11H2,(H,22,25)/t16-,19+/m0/s1. The molecule has 2 aliphatic rings. The number of ether oxygens (including phenoxy) is 1. The van der Waals surface area contributed by atoms with Gasteiger partial charge >= 0.3 is 5.97 Å². The Morgan fingerprint density at radius 2 is 1.89 bits per heavy atom. The van der Waals surface area contributed by atoms with Crippen LogP contribution >= 0.6 is 11.6 Å². The number of benzene rings is 2. The van der Waals surface area contributed by atoms with E-state index < -0.39 is 18.2 Å². The molecule has 27 heavy (non-hydrogen) atoms. The molecule has 1 N–H and O–H groups in total. The first-order valence-electron chi connectivity index (χ1n) is 8.68. The summed E-state index contributed by atoms with van der Waals surface area (Å²) in [6.07, 6.45) is -0.246. The lowest BCUT2D eigenvalue weighted by Crippen LogP contribution is -2.46. The highest BCUT2D eigenvalue weighted by Crippen LogP contribution is 2.38. The summed E-state index contributed by atoms with van der Waals surface area (Å²) >= 11 is 6.12. The molecule has 7 heteroatoms. The number of esters is 1. The molecule has 0 saturated carbocycles. The number of nitrogens with zero attached hydrogens (tertiary/aromatic N) is 1. The second-order valence-electron chi connectivity index (χ2n) is 6.51. The summed E-state index contributed by atoms with van der Waals surface area (Å²) in [4.78, 5) is 38.7. The van der Waals surface area contributed by atoms with Gasteiger partial charge in [-0.15, -0.1) is 0 Å². The molecule has 2 amide bonds. The number of rotatable bonds is 4. The Morgan fingerprint density at radius 3 is 2.70 bits per heavy atom. The van der Waals surface area contributed by atoms with Gasteiger partial charge < -0.3 is 10.1 Å². The van der Waals surface area contributed by atoms with Crippen LogP contribution in [0.2, 0.25) is 5.02 Å². The topological polar surface area (TPSA) is 75.7 Å². The first-order chi connectivity index (χ1) is 13.1. The third kappa shape index (κ3) is 3.17. The molecule has 138 valence electrons. The van der Waals surface area contributed by atoms with Gasteiger partial charge in [0, 0.05) is 23.6 Å². The van der Waals surface area contributed by atoms with E-state index in [2.05, 4.69) is 5.32 Å². The minimum absolute atomic E-state index is 0.206. The van der Waals surface area contributed by atoms with Gasteiger partial charge in [-0.2, -0.15) is 0 Å². The number of amides is 2. The third-order valence-corrected chi connectivity index (χ3v) is 5.26. The normalized spacial score (nSPS) is 21.1. The van der Waals surface area contributed by atoms with Crippen molar-refractivity contribution >= 4 is 29.4 Å². The molecule has 2 aliphatic heterocycles. The van der Waals surface area contributed by atoms with Crippen molar-refractivity contribution in [3.8, 4) is 0 Å². The minimum atomic E-state index is -0.861. The second-order valence-corrected chi connectivity index (χ2v) is 6.92. The molecule has 0 spiro atoms. The van der Waals surface area contributed by atoms with Gasteiger partial charge in [0.15, 0.2) is 0 Å². The lowest BCUT2D eigenvalue weighted by Gasteiger charge is -2.29. The number of cyclic esters (lactones) is 1. The number of carbonyl (C=O) groups is 3. The van der Waals surface area contributed by atoms with Crippen LogP contribution in [0.1, 0.15) is 40.6 Å². The van der Waals surface area contributed by atoms with Gasteiger partial charge in [-0.05, 0) is 24.1 Å². The first-order valence-corrected chi connectivity index (χ1v) is 9.06. The third-order valence-electron chi connectivity index (χ3n) is 4.89. The number of hydrogen-bond donors (Lipinski definition) is 1. The van der Waals surface area contributed by atoms with Gasteiger partial charge in [-0.3, -0.25) is 14.5 Å². The molecule has 0 unspecified atom stereocenters. The van der Waals surface area contributed by atoms with Gasteiger partial charge in [-0.1, -0.05) is 48.0 Å². The lowest BCUT2D eigenvalue weighted by atomic mass is 10.1. The molecule has 2 aromatic rings. The number of nitrogens with one attached hydrogen (secondary N) is 1. The van der Waals surface area contributed by atoms with Crippen LogP contribution in [0.25, 0.3) is 0 Å². The fraction of sp³-hybridized carbons (Fsp3) is 0.250. The lowest BCUT2D eigenvalue weighted by molar-refractivity contribution is -0.145. The summed E-state index contributed by atoms with van der Waals surface area (Å²) in [5.41, 5.74) is 1.83. The summed E-state index contributed by atoms with van der Waals surface area (Å²) in [5.74, 6) is -0.978. The van der Waals surface area contributed by atoms with E-state index in [-0.39, 0.29) is 24.8 Å². The Bertz CT molecular complexity index is 930. The van der Waals surface area contributed by atoms with Crippen molar-refractivity contribution in [1.29, 1.82) is 0 Å². The fourth-order valence-corrected chi connectivity index (χ4v) is 3.73. The Morgan fingerprint density at radius 1 is 1.15 bits per heavy atom. The molecule has 4 rings (SSSR count). The van der Waals surface area contributed by atoms with Crippen molar-refractivity contribution in [2.24, 2.45) is 0 Å². The number of likely N-dealkylation sites (tertiary alicyclic amines) is 1. The monoisotopic (exact) mass is 384 g/mol. The summed E-state index contributed by atoms with van der Waals surface area (Å²) in [6.45, 7) is 0.262. The summed E-state index contributed by atoms with van der Waals surface area (Å²) in [5, 5.41) is 3.40. The molecule has 2 atom stereocenters. The number of hydrogen-bond acceptors (Lipinski definition) is 4. The van der Waals surface area contributed by atoms with Crippen molar-refractivity contribution in [2.75, 3.05) is 0 Å². The summed E-state index contributed by atoms with van der Waals surface area (Å²) in [6, 6.07) is 13.5. The van der Waals surface area contributed by atoms with E-state index in [1.165, 1.54) is 4.90 Å². The molecule has 1 saturated heterocycles. The highest BCUT2D eigenvalue weighted by Gasteiger charge is 2.46. The molecule has 0 bridgehead atoms. The molecule has 0 radical (unpaired) electrons. The Labute approximate surface area is 161 Å². The van der Waals surface area contributed by atoms with Crippen molar-refractivity contribution in [3.63, 3.8) is 0 Å². The summed E-state index contributed by atoms with van der Waals surface area (Å²) in [7, 11) is 0. The summed E-state index contributed by atoms with van der Waals surface area (Å²) < 4.78 is 5.41. The Kier molecular flexibility index (Phi) is 4.58. The van der Waals surface area contributed by atoms with Crippen LogP contribution in [0, 0.1) is 0 Å². The van der Waals surface area contributed by atoms with Crippen LogP contribution < -0.4 is 5.32 Å². The van der Waals surface area contributed by atoms with Crippen LogP contribution in [0.15, 0.2) is 48.5 Å². The first kappa shape index (κ1) is 17.5. The SMILES string of the molecule is O=C1O[C@@H](N2C(=O)CC[C@H]2C(=O)NCc2ccccc2Cl)c2ccccc21. The maximum atomic E-state index is 12.7. The van der Waals surface area contributed by atoms with E-state index in [9.17, 15) is 14.4 Å². The van der Waals surface area contributed by atoms with Gasteiger partial charge in [-0.25, -0.2) is 4.79 Å². The maximum Gasteiger partial charge on any atom is 0.340 e. The molecule has 2 heterocycles. The predicted octanol–water partition coefficient (Wildman–Crippen LogP) is 2.82. The van der Waals surface area contributed by atoms with Gasteiger partial charge in [0.05, 0.1) is 5.56 Å². The zero-order chi connectivity index (χ0) is 19.0. The molecular weight excluding hydrogens is 368 g/mol. The molecule has 1 fully saturated rings. The number of halogens is 1. The maximum absolute atomic E-state index is 12.7. The van der Waals surface area contributed by atoms with Crippen molar-refractivity contribution in [3.05, 3.63) is 70.2 Å². The Balaban J connectivity index is 1.53. The number of carbonyl (C=O) groups excluding carboxylic acids is 3. The average Bonchev–Trinajstić information content (AvgIpc) is 3.21. The van der Waals surface area contributed by atoms with Crippen molar-refractivity contribution in [2.45, 2.75) is 31.7 Å². The van der Waals surface area contributed by atoms with E-state index in [1.54, 1.807) is 30.3 Å². The zero-order valence-electron chi connectivity index (χ0n) is 14.4. The van der Waals surface area contributed by atoms with E-state index in [0.717, 1.165) is 5.56 Å². The highest BCUT2D eigenvalue weighted by atomic mass is 35.5. The molecule has 0 aromatic heterocycles. The van der Waals surface area contributed by atoms with Crippen LogP contribution in [-0.4, -0.2) is 28.7 Å². The van der Waals surface area contributed by atoms with Crippen molar-refractivity contribution < 1.29 is 19.1 Å². The smallest absolute Gasteiger partial charge is 0.340 e. The Hall–Kier alpha value is -2.86. The van der Waals surface area contributed by atoms with Crippen LogP contribution in [0.4, 0.5) is 0 Å². The van der Waals surface area contributed by atoms with Gasteiger partial charge in [0.2, 0.25) is 18.0 Å². The van der Waals surface area contributed by atoms with E-state index in [0.29, 0.717) is 22.6 Å². The highest BCUT2D eigenvalue weighted by molar-refractivity contribution is 6.31. The fourth-order valence-electron chi connectivity index (χ4n) is 3.53. The van der Waals surface area contributed by atoms with E-state index in [4.69, 9.17) is 16.3 Å². The quantitative estimate of drug-likeness (QED) is 0.822. The van der Waals surface area contributed by atoms with Gasteiger partial charge in [0.1, 0.15) is 6.04 Å². The second kappa shape index (κ2) is 7.04. The van der Waals surface area contributed by atoms with E-state index in [1.807, 2.05) is 18.2 Å². The molecule has 2 aromatic carbocycles. The zero-order valence-corrected chi connectivity index (χ0v) is 15.1. The molecule has 6 nitrogen and oxygen atoms in total. The number of fused-ring (bicyclic) bond motifs is 1. The van der Waals surface area contributed by atoms with Crippen LogP contribution in [0.3, 0.4) is 0 Å². The van der Waals surface area contributed by atoms with Crippen LogP contribution in [0.5, 0.6) is 0 Å². The predicted molar refractivity (Wildman–Crippen MR) is 97.8 cm³/mol. The minimum Gasteiger partial charge on any atom is -0.433 e. The molecule has 0 aliphatic carbocycles. The van der Waals surface area contributed by atoms with Crippen LogP contribution in [-0.2, 0) is 20.9 Å². The average molecular weight is 385 g/mol.